The fraction of sp³-hybridized carbons (Fsp3) is 0.308. The minimum Gasteiger partial charge on any atom is -0.424 e. The molecule has 0 unspecified atom stereocenters. The van der Waals surface area contributed by atoms with Gasteiger partial charge >= 0.3 is 6.01 Å². The van der Waals surface area contributed by atoms with Gasteiger partial charge in [0, 0.05) is 18.1 Å². The first-order valence-corrected chi connectivity index (χ1v) is 6.86. The molecule has 1 aromatic heterocycles. The second-order valence-electron chi connectivity index (χ2n) is 4.44. The Morgan fingerprint density at radius 1 is 1.19 bits per heavy atom. The van der Waals surface area contributed by atoms with E-state index in [4.69, 9.17) is 26.8 Å². The number of rotatable bonds is 3. The van der Waals surface area contributed by atoms with Crippen LogP contribution in [0.5, 0.6) is 11.8 Å². The summed E-state index contributed by atoms with van der Waals surface area (Å²) >= 11 is 5.92. The zero-order chi connectivity index (χ0) is 14.7. The minimum atomic E-state index is 0.114. The lowest BCUT2D eigenvalue weighted by Gasteiger charge is -2.26. The molecular formula is C13H14ClN5O2. The van der Waals surface area contributed by atoms with E-state index in [2.05, 4.69) is 15.0 Å². The Morgan fingerprint density at radius 3 is 2.76 bits per heavy atom. The number of halogens is 1. The standard InChI is InChI=1S/C13H14ClN5O2/c14-9-2-1-3-10(8-9)21-13-17-11(15)16-12(18-13)19-4-6-20-7-5-19/h1-3,8H,4-7H2,(H2,15,16,17,18). The van der Waals surface area contributed by atoms with Crippen molar-refractivity contribution >= 4 is 23.5 Å². The maximum Gasteiger partial charge on any atom is 0.328 e. The molecular weight excluding hydrogens is 294 g/mol. The number of hydrogen-bond acceptors (Lipinski definition) is 7. The van der Waals surface area contributed by atoms with Crippen LogP contribution in [0.2, 0.25) is 5.02 Å². The molecule has 7 nitrogen and oxygen atoms in total. The summed E-state index contributed by atoms with van der Waals surface area (Å²) in [6.45, 7) is 2.69. The summed E-state index contributed by atoms with van der Waals surface area (Å²) in [6, 6.07) is 7.13. The van der Waals surface area contributed by atoms with Crippen molar-refractivity contribution in [3.8, 4) is 11.8 Å². The fourth-order valence-corrected chi connectivity index (χ4v) is 2.13. The highest BCUT2D eigenvalue weighted by Crippen LogP contribution is 2.23. The number of ether oxygens (including phenoxy) is 2. The molecule has 1 aliphatic heterocycles. The van der Waals surface area contributed by atoms with Gasteiger partial charge in [0.25, 0.3) is 0 Å². The Balaban J connectivity index is 1.83. The molecule has 0 aliphatic carbocycles. The van der Waals surface area contributed by atoms with E-state index in [1.54, 1.807) is 24.3 Å². The molecule has 21 heavy (non-hydrogen) atoms. The Bertz CT molecular complexity index is 634. The molecule has 2 N–H and O–H groups in total. The Hall–Kier alpha value is -2.12. The van der Waals surface area contributed by atoms with Gasteiger partial charge in [0.2, 0.25) is 11.9 Å². The van der Waals surface area contributed by atoms with Crippen molar-refractivity contribution in [1.82, 2.24) is 15.0 Å². The summed E-state index contributed by atoms with van der Waals surface area (Å²) in [5.41, 5.74) is 5.72. The van der Waals surface area contributed by atoms with Gasteiger partial charge in [0.05, 0.1) is 13.2 Å². The van der Waals surface area contributed by atoms with Crippen molar-refractivity contribution in [2.75, 3.05) is 36.9 Å². The number of anilines is 2. The first kappa shape index (κ1) is 13.8. The highest BCUT2D eigenvalue weighted by molar-refractivity contribution is 6.30. The van der Waals surface area contributed by atoms with Crippen molar-refractivity contribution in [1.29, 1.82) is 0 Å². The lowest BCUT2D eigenvalue weighted by atomic mass is 10.3. The number of nitrogens with two attached hydrogens (primary N) is 1. The van der Waals surface area contributed by atoms with Crippen molar-refractivity contribution < 1.29 is 9.47 Å². The van der Waals surface area contributed by atoms with Crippen molar-refractivity contribution in [2.45, 2.75) is 0 Å². The summed E-state index contributed by atoms with van der Waals surface area (Å²) < 4.78 is 10.9. The quantitative estimate of drug-likeness (QED) is 0.924. The maximum atomic E-state index is 5.92. The highest BCUT2D eigenvalue weighted by Gasteiger charge is 2.16. The summed E-state index contributed by atoms with van der Waals surface area (Å²) in [7, 11) is 0. The van der Waals surface area contributed by atoms with Gasteiger partial charge in [0.1, 0.15) is 5.75 Å². The maximum absolute atomic E-state index is 5.92. The second kappa shape index (κ2) is 6.11. The SMILES string of the molecule is Nc1nc(Oc2cccc(Cl)c2)nc(N2CCOCC2)n1. The highest BCUT2D eigenvalue weighted by atomic mass is 35.5. The van der Waals surface area contributed by atoms with E-state index in [0.717, 1.165) is 0 Å². The Labute approximate surface area is 126 Å². The van der Waals surface area contributed by atoms with Crippen LogP contribution in [-0.2, 0) is 4.74 Å². The van der Waals surface area contributed by atoms with Gasteiger partial charge in [-0.15, -0.1) is 0 Å². The molecule has 2 heterocycles. The third kappa shape index (κ3) is 3.50. The number of hydrogen-bond donors (Lipinski definition) is 1. The zero-order valence-corrected chi connectivity index (χ0v) is 12.0. The molecule has 2 aromatic rings. The summed E-state index contributed by atoms with van der Waals surface area (Å²) in [5.74, 6) is 1.15. The molecule has 8 heteroatoms. The second-order valence-corrected chi connectivity index (χ2v) is 4.87. The van der Waals surface area contributed by atoms with E-state index >= 15 is 0 Å². The van der Waals surface area contributed by atoms with Gasteiger partial charge in [-0.3, -0.25) is 0 Å². The van der Waals surface area contributed by atoms with Crippen LogP contribution >= 0.6 is 11.6 Å². The van der Waals surface area contributed by atoms with Crippen LogP contribution < -0.4 is 15.4 Å². The molecule has 1 fully saturated rings. The van der Waals surface area contributed by atoms with Gasteiger partial charge in [0.15, 0.2) is 0 Å². The number of morpholine rings is 1. The number of aromatic nitrogens is 3. The molecule has 1 saturated heterocycles. The summed E-state index contributed by atoms with van der Waals surface area (Å²) in [5, 5.41) is 0.572. The van der Waals surface area contributed by atoms with Crippen LogP contribution in [0, 0.1) is 0 Å². The van der Waals surface area contributed by atoms with E-state index in [1.807, 2.05) is 4.90 Å². The summed E-state index contributed by atoms with van der Waals surface area (Å²) in [6.07, 6.45) is 0. The van der Waals surface area contributed by atoms with Crippen LogP contribution in [0.1, 0.15) is 0 Å². The molecule has 0 amide bonds. The first-order valence-electron chi connectivity index (χ1n) is 6.48. The lowest BCUT2D eigenvalue weighted by molar-refractivity contribution is 0.122. The molecule has 0 bridgehead atoms. The van der Waals surface area contributed by atoms with E-state index in [-0.39, 0.29) is 12.0 Å². The first-order chi connectivity index (χ1) is 10.2. The van der Waals surface area contributed by atoms with Gasteiger partial charge in [-0.1, -0.05) is 17.7 Å². The van der Waals surface area contributed by atoms with Crippen LogP contribution in [0.15, 0.2) is 24.3 Å². The number of nitrogens with zero attached hydrogens (tertiary/aromatic N) is 4. The molecule has 1 aromatic carbocycles. The predicted octanol–water partition coefficient (Wildman–Crippen LogP) is 1.74. The largest absolute Gasteiger partial charge is 0.424 e. The van der Waals surface area contributed by atoms with Gasteiger partial charge in [-0.2, -0.15) is 15.0 Å². The zero-order valence-electron chi connectivity index (χ0n) is 11.2. The van der Waals surface area contributed by atoms with Gasteiger partial charge in [-0.25, -0.2) is 0 Å². The fourth-order valence-electron chi connectivity index (χ4n) is 1.95. The number of benzene rings is 1. The normalized spacial score (nSPS) is 15.0. The number of nitrogen functional groups attached to an aromatic ring is 1. The van der Waals surface area contributed by atoms with E-state index < -0.39 is 0 Å². The molecule has 0 saturated carbocycles. The van der Waals surface area contributed by atoms with Gasteiger partial charge in [-0.05, 0) is 18.2 Å². The van der Waals surface area contributed by atoms with Crippen molar-refractivity contribution in [2.24, 2.45) is 0 Å². The average Bonchev–Trinajstić information content (AvgIpc) is 2.47. The molecule has 3 rings (SSSR count). The van der Waals surface area contributed by atoms with Gasteiger partial charge < -0.3 is 20.1 Å². The molecule has 1 aliphatic rings. The predicted molar refractivity (Wildman–Crippen MR) is 78.8 cm³/mol. The summed E-state index contributed by atoms with van der Waals surface area (Å²) in [4.78, 5) is 14.4. The van der Waals surface area contributed by atoms with Crippen LogP contribution in [0.4, 0.5) is 11.9 Å². The minimum absolute atomic E-state index is 0.114. The molecule has 0 spiro atoms. The molecule has 110 valence electrons. The average molecular weight is 308 g/mol. The van der Waals surface area contributed by atoms with E-state index in [1.165, 1.54) is 0 Å². The van der Waals surface area contributed by atoms with Crippen LogP contribution in [0.25, 0.3) is 0 Å². The van der Waals surface area contributed by atoms with E-state index in [0.29, 0.717) is 43.0 Å². The molecule has 0 radical (unpaired) electrons. The Morgan fingerprint density at radius 2 is 2.00 bits per heavy atom. The van der Waals surface area contributed by atoms with Crippen molar-refractivity contribution in [3.63, 3.8) is 0 Å². The Kier molecular flexibility index (Phi) is 4.03. The van der Waals surface area contributed by atoms with E-state index in [9.17, 15) is 0 Å². The third-order valence-electron chi connectivity index (χ3n) is 2.92. The van der Waals surface area contributed by atoms with Crippen molar-refractivity contribution in [3.05, 3.63) is 29.3 Å². The van der Waals surface area contributed by atoms with Crippen LogP contribution in [0.3, 0.4) is 0 Å². The smallest absolute Gasteiger partial charge is 0.328 e. The topological polar surface area (TPSA) is 86.4 Å². The lowest BCUT2D eigenvalue weighted by Crippen LogP contribution is -2.37. The third-order valence-corrected chi connectivity index (χ3v) is 3.15. The molecule has 0 atom stereocenters. The monoisotopic (exact) mass is 307 g/mol. The van der Waals surface area contributed by atoms with Crippen LogP contribution in [-0.4, -0.2) is 41.3 Å².